The lowest BCUT2D eigenvalue weighted by Crippen LogP contribution is -2.49. The van der Waals surface area contributed by atoms with E-state index in [0.717, 1.165) is 30.0 Å². The van der Waals surface area contributed by atoms with Gasteiger partial charge in [-0.15, -0.1) is 0 Å². The lowest BCUT2D eigenvalue weighted by atomic mass is 9.81. The van der Waals surface area contributed by atoms with Crippen molar-refractivity contribution in [1.82, 2.24) is 15.1 Å². The summed E-state index contributed by atoms with van der Waals surface area (Å²) in [7, 11) is 0. The summed E-state index contributed by atoms with van der Waals surface area (Å²) < 4.78 is 0. The second-order valence-corrected chi connectivity index (χ2v) is 9.93. The van der Waals surface area contributed by atoms with Gasteiger partial charge in [-0.1, -0.05) is 25.1 Å². The number of nitrogens with one attached hydrogen (secondary N) is 2. The number of fused-ring (bicyclic) bond motifs is 2. The summed E-state index contributed by atoms with van der Waals surface area (Å²) in [5.74, 6) is 0.907. The van der Waals surface area contributed by atoms with E-state index in [-0.39, 0.29) is 18.0 Å². The molecule has 1 aromatic rings. The summed E-state index contributed by atoms with van der Waals surface area (Å²) in [5.41, 5.74) is 1.37. The Morgan fingerprint density at radius 2 is 1.80 bits per heavy atom. The van der Waals surface area contributed by atoms with E-state index in [1.165, 1.54) is 38.8 Å². The number of amides is 3. The summed E-state index contributed by atoms with van der Waals surface area (Å²) >= 11 is 0. The molecule has 4 aliphatic rings. The van der Waals surface area contributed by atoms with Crippen molar-refractivity contribution in [3.05, 3.63) is 29.8 Å². The highest BCUT2D eigenvalue weighted by Gasteiger charge is 2.52. The van der Waals surface area contributed by atoms with Crippen molar-refractivity contribution in [1.29, 1.82) is 0 Å². The molecule has 1 spiro atoms. The van der Waals surface area contributed by atoms with Gasteiger partial charge in [-0.3, -0.25) is 4.79 Å². The van der Waals surface area contributed by atoms with Crippen LogP contribution in [-0.2, 0) is 10.2 Å². The second-order valence-electron chi connectivity index (χ2n) is 9.93. The zero-order valence-corrected chi connectivity index (χ0v) is 18.0. The van der Waals surface area contributed by atoms with Gasteiger partial charge in [0.25, 0.3) is 0 Å². The number of urea groups is 1. The maximum absolute atomic E-state index is 13.0. The summed E-state index contributed by atoms with van der Waals surface area (Å²) in [5, 5.41) is 6.28. The molecule has 1 saturated carbocycles. The van der Waals surface area contributed by atoms with E-state index in [9.17, 15) is 9.59 Å². The number of hydrogen-bond acceptors (Lipinski definition) is 3. The normalized spacial score (nSPS) is 32.3. The summed E-state index contributed by atoms with van der Waals surface area (Å²) in [6.07, 6.45) is 7.82. The first kappa shape index (κ1) is 19.9. The number of hydrogen-bond donors (Lipinski definition) is 2. The molecule has 2 saturated heterocycles. The van der Waals surface area contributed by atoms with Crippen LogP contribution in [0.25, 0.3) is 0 Å². The van der Waals surface area contributed by atoms with E-state index in [0.29, 0.717) is 25.6 Å². The molecule has 30 heavy (non-hydrogen) atoms. The van der Waals surface area contributed by atoms with Gasteiger partial charge >= 0.3 is 6.03 Å². The predicted molar refractivity (Wildman–Crippen MR) is 117 cm³/mol. The van der Waals surface area contributed by atoms with Crippen LogP contribution in [0.1, 0.15) is 57.4 Å². The minimum Gasteiger partial charge on any atom is -0.335 e. The fraction of sp³-hybridized carbons (Fsp3) is 0.667. The SMILES string of the molecule is CC1CCN(C2CCC(NC(=O)N3CCC4(C3)C(=O)Nc3ccccc34)CC2)CC1. The first-order valence-corrected chi connectivity index (χ1v) is 11.8. The topological polar surface area (TPSA) is 64.7 Å². The quantitative estimate of drug-likeness (QED) is 0.786. The molecule has 1 aromatic carbocycles. The number of likely N-dealkylation sites (tertiary alicyclic amines) is 2. The molecule has 0 aromatic heterocycles. The minimum absolute atomic E-state index is 0.000645. The Hall–Kier alpha value is -2.08. The van der Waals surface area contributed by atoms with Crippen molar-refractivity contribution in [3.63, 3.8) is 0 Å². The molecule has 6 nitrogen and oxygen atoms in total. The standard InChI is InChI=1S/C24H34N4O2/c1-17-10-13-27(14-11-17)19-8-6-18(7-9-19)25-23(30)28-15-12-24(16-28)20-4-2-3-5-21(20)26-22(24)29/h2-5,17-19H,6-16H2,1H3,(H,25,30)(H,26,29). The highest BCUT2D eigenvalue weighted by Crippen LogP contribution is 2.44. The van der Waals surface area contributed by atoms with Gasteiger partial charge in [0.1, 0.15) is 0 Å². The third kappa shape index (κ3) is 3.49. The van der Waals surface area contributed by atoms with Crippen LogP contribution in [0.2, 0.25) is 0 Å². The van der Waals surface area contributed by atoms with Gasteiger partial charge in [0.2, 0.25) is 5.91 Å². The van der Waals surface area contributed by atoms with Gasteiger partial charge < -0.3 is 20.4 Å². The van der Waals surface area contributed by atoms with Gasteiger partial charge in [0.05, 0.1) is 5.41 Å². The Bertz CT molecular complexity index is 811. The van der Waals surface area contributed by atoms with Gasteiger partial charge in [-0.2, -0.15) is 0 Å². The van der Waals surface area contributed by atoms with E-state index < -0.39 is 5.41 Å². The maximum atomic E-state index is 13.0. The predicted octanol–water partition coefficient (Wildman–Crippen LogP) is 3.33. The monoisotopic (exact) mass is 410 g/mol. The maximum Gasteiger partial charge on any atom is 0.317 e. The molecule has 3 heterocycles. The first-order valence-electron chi connectivity index (χ1n) is 11.8. The smallest absolute Gasteiger partial charge is 0.317 e. The summed E-state index contributed by atoms with van der Waals surface area (Å²) in [4.78, 5) is 30.2. The molecule has 0 radical (unpaired) electrons. The third-order valence-electron chi connectivity index (χ3n) is 8.04. The Kier molecular flexibility index (Phi) is 5.21. The van der Waals surface area contributed by atoms with E-state index in [4.69, 9.17) is 0 Å². The van der Waals surface area contributed by atoms with Gasteiger partial charge in [0, 0.05) is 30.9 Å². The lowest BCUT2D eigenvalue weighted by molar-refractivity contribution is -0.120. The number of piperidine rings is 1. The fourth-order valence-electron chi connectivity index (χ4n) is 6.01. The van der Waals surface area contributed by atoms with Crippen molar-refractivity contribution in [2.24, 2.45) is 5.92 Å². The average molecular weight is 411 g/mol. The zero-order valence-electron chi connectivity index (χ0n) is 18.0. The van der Waals surface area contributed by atoms with Crippen molar-refractivity contribution >= 4 is 17.6 Å². The molecular formula is C24H34N4O2. The van der Waals surface area contributed by atoms with E-state index in [2.05, 4.69) is 22.5 Å². The van der Waals surface area contributed by atoms with Crippen LogP contribution in [0, 0.1) is 5.92 Å². The molecular weight excluding hydrogens is 376 g/mol. The molecule has 162 valence electrons. The number of carbonyl (C=O) groups is 2. The summed E-state index contributed by atoms with van der Waals surface area (Å²) in [6.45, 7) is 5.95. The Morgan fingerprint density at radius 3 is 2.57 bits per heavy atom. The van der Waals surface area contributed by atoms with Crippen LogP contribution >= 0.6 is 0 Å². The molecule has 0 bridgehead atoms. The largest absolute Gasteiger partial charge is 0.335 e. The molecule has 1 atom stereocenters. The highest BCUT2D eigenvalue weighted by molar-refractivity contribution is 6.07. The third-order valence-corrected chi connectivity index (χ3v) is 8.04. The van der Waals surface area contributed by atoms with Gasteiger partial charge in [-0.05, 0) is 75.6 Å². The molecule has 1 unspecified atom stereocenters. The van der Waals surface area contributed by atoms with Crippen LogP contribution < -0.4 is 10.6 Å². The highest BCUT2D eigenvalue weighted by atomic mass is 16.2. The zero-order chi connectivity index (χ0) is 20.7. The lowest BCUT2D eigenvalue weighted by Gasteiger charge is -2.40. The molecule has 2 N–H and O–H groups in total. The number of carbonyl (C=O) groups excluding carboxylic acids is 2. The first-order chi connectivity index (χ1) is 14.5. The molecule has 1 aliphatic carbocycles. The van der Waals surface area contributed by atoms with Crippen molar-refractivity contribution in [2.75, 3.05) is 31.5 Å². The van der Waals surface area contributed by atoms with Crippen LogP contribution in [0.5, 0.6) is 0 Å². The van der Waals surface area contributed by atoms with Gasteiger partial charge in [0.15, 0.2) is 0 Å². The number of benzene rings is 1. The Balaban J connectivity index is 1.15. The van der Waals surface area contributed by atoms with E-state index in [1.54, 1.807) is 0 Å². The van der Waals surface area contributed by atoms with Gasteiger partial charge in [-0.25, -0.2) is 4.79 Å². The molecule has 3 amide bonds. The number of nitrogens with zero attached hydrogens (tertiary/aromatic N) is 2. The fourth-order valence-corrected chi connectivity index (χ4v) is 6.01. The van der Waals surface area contributed by atoms with Crippen LogP contribution in [-0.4, -0.2) is 60.0 Å². The second kappa shape index (κ2) is 7.88. The number of para-hydroxylation sites is 1. The molecule has 6 heteroatoms. The van der Waals surface area contributed by atoms with Crippen molar-refractivity contribution in [2.45, 2.75) is 69.4 Å². The Labute approximate surface area is 179 Å². The van der Waals surface area contributed by atoms with Crippen molar-refractivity contribution in [3.8, 4) is 0 Å². The van der Waals surface area contributed by atoms with Crippen LogP contribution in [0.15, 0.2) is 24.3 Å². The number of anilines is 1. The molecule has 3 aliphatic heterocycles. The van der Waals surface area contributed by atoms with E-state index >= 15 is 0 Å². The molecule has 3 fully saturated rings. The summed E-state index contributed by atoms with van der Waals surface area (Å²) in [6, 6.07) is 8.85. The van der Waals surface area contributed by atoms with Crippen molar-refractivity contribution < 1.29 is 9.59 Å². The average Bonchev–Trinajstić information content (AvgIpc) is 3.33. The Morgan fingerprint density at radius 1 is 1.07 bits per heavy atom. The van der Waals surface area contributed by atoms with Crippen LogP contribution in [0.3, 0.4) is 0 Å². The molecule has 5 rings (SSSR count). The van der Waals surface area contributed by atoms with E-state index in [1.807, 2.05) is 29.2 Å². The minimum atomic E-state index is -0.572. The van der Waals surface area contributed by atoms with Crippen LogP contribution in [0.4, 0.5) is 10.5 Å². The number of rotatable bonds is 2.